The van der Waals surface area contributed by atoms with E-state index >= 15 is 0 Å². The zero-order valence-corrected chi connectivity index (χ0v) is 19.6. The van der Waals surface area contributed by atoms with E-state index in [4.69, 9.17) is 9.98 Å². The van der Waals surface area contributed by atoms with Crippen LogP contribution < -0.4 is 0 Å². The van der Waals surface area contributed by atoms with Crippen molar-refractivity contribution >= 4 is 51.2 Å². The van der Waals surface area contributed by atoms with Crippen molar-refractivity contribution in [3.63, 3.8) is 0 Å². The van der Waals surface area contributed by atoms with E-state index in [1.807, 2.05) is 13.8 Å². The average molecular weight is 511 g/mol. The number of hydrogen-bond acceptors (Lipinski definition) is 2. The van der Waals surface area contributed by atoms with Gasteiger partial charge in [-0.25, -0.2) is 0 Å². The molecule has 0 radical (unpaired) electrons. The van der Waals surface area contributed by atoms with Gasteiger partial charge in [-0.2, -0.15) is 0 Å². The molecule has 25 heavy (non-hydrogen) atoms. The summed E-state index contributed by atoms with van der Waals surface area (Å²) in [5.41, 5.74) is 8.80. The Kier molecular flexibility index (Phi) is 9.85. The van der Waals surface area contributed by atoms with Gasteiger partial charge in [0.1, 0.15) is 0 Å². The monoisotopic (exact) mass is 508 g/mol. The van der Waals surface area contributed by atoms with Gasteiger partial charge in [-0.05, 0) is 63.8 Å². The van der Waals surface area contributed by atoms with Gasteiger partial charge in [-0.3, -0.25) is 9.98 Å². The first-order valence-electron chi connectivity index (χ1n) is 7.87. The van der Waals surface area contributed by atoms with Crippen LogP contribution in [-0.2, 0) is 10.9 Å². The molecule has 0 heterocycles. The third-order valence-corrected chi connectivity index (χ3v) is 3.96. The van der Waals surface area contributed by atoms with Gasteiger partial charge in [0.2, 0.25) is 0 Å². The summed E-state index contributed by atoms with van der Waals surface area (Å²) >= 11 is 6.00. The van der Waals surface area contributed by atoms with E-state index in [1.54, 1.807) is 0 Å². The van der Waals surface area contributed by atoms with Gasteiger partial charge in [0.05, 0.1) is 22.8 Å². The molecule has 2 nitrogen and oxygen atoms in total. The average Bonchev–Trinajstić information content (AvgIpc) is 2.55. The molecule has 138 valence electrons. The van der Waals surface area contributed by atoms with Crippen LogP contribution >= 0.6 is 28.5 Å². The minimum atomic E-state index is 0.958. The zero-order valence-electron chi connectivity index (χ0n) is 15.4. The molecule has 0 saturated heterocycles. The number of halogens is 2. The number of benzene rings is 2. The molecule has 0 saturated carbocycles. The number of para-hydroxylation sites is 2. The van der Waals surface area contributed by atoms with Crippen molar-refractivity contribution in [3.05, 3.63) is 58.7 Å². The fourth-order valence-corrected chi connectivity index (χ4v) is 2.46. The number of aryl methyl sites for hydroxylation is 4. The summed E-state index contributed by atoms with van der Waals surface area (Å²) in [6, 6.07) is 12.5. The van der Waals surface area contributed by atoms with Gasteiger partial charge in [0.25, 0.3) is 0 Å². The van der Waals surface area contributed by atoms with Crippen LogP contribution in [0.3, 0.4) is 0 Å². The number of rotatable bonds is 3. The van der Waals surface area contributed by atoms with Crippen LogP contribution in [0.4, 0.5) is 11.4 Å². The summed E-state index contributed by atoms with van der Waals surface area (Å²) in [6.07, 6.45) is 0. The van der Waals surface area contributed by atoms with Crippen LogP contribution in [0.15, 0.2) is 46.4 Å². The number of hydrogen-bond donors (Lipinski definition) is 0. The normalized spacial score (nSPS) is 12.0. The van der Waals surface area contributed by atoms with Crippen LogP contribution in [0.2, 0.25) is 0 Å². The van der Waals surface area contributed by atoms with E-state index in [0.717, 1.165) is 22.8 Å². The summed E-state index contributed by atoms with van der Waals surface area (Å²) in [7, 11) is 1.25. The molecular formula is C20H24Br2N2Ni. The second-order valence-corrected chi connectivity index (χ2v) is 10.9. The predicted octanol–water partition coefficient (Wildman–Crippen LogP) is 7.49. The van der Waals surface area contributed by atoms with Gasteiger partial charge < -0.3 is 0 Å². The van der Waals surface area contributed by atoms with E-state index < -0.39 is 0 Å². The molecule has 0 aliphatic heterocycles. The van der Waals surface area contributed by atoms with Gasteiger partial charge >= 0.3 is 39.3 Å². The number of aliphatic imine (C=N–C) groups is 2. The summed E-state index contributed by atoms with van der Waals surface area (Å²) in [5, 5.41) is 0. The molecule has 0 aromatic heterocycles. The van der Waals surface area contributed by atoms with E-state index in [9.17, 15) is 0 Å². The summed E-state index contributed by atoms with van der Waals surface area (Å²) < 4.78 is 0. The van der Waals surface area contributed by atoms with Crippen molar-refractivity contribution in [1.29, 1.82) is 0 Å². The number of nitrogens with zero attached hydrogens (tertiary/aromatic N) is 2. The summed E-state index contributed by atoms with van der Waals surface area (Å²) in [4.78, 5) is 9.60. The zero-order chi connectivity index (χ0) is 19.0. The quantitative estimate of drug-likeness (QED) is 0.302. The van der Waals surface area contributed by atoms with Crippen LogP contribution in [0.25, 0.3) is 0 Å². The van der Waals surface area contributed by atoms with E-state index in [-0.39, 0.29) is 0 Å². The van der Waals surface area contributed by atoms with Gasteiger partial charge in [0, 0.05) is 0 Å². The summed E-state index contributed by atoms with van der Waals surface area (Å²) in [5.74, 6) is 0. The first kappa shape index (κ1) is 22.3. The Morgan fingerprint density at radius 1 is 0.680 bits per heavy atom. The molecule has 0 aliphatic carbocycles. The molecule has 2 aromatic rings. The molecule has 0 N–H and O–H groups in total. The molecule has 2 rings (SSSR count). The molecule has 0 aliphatic rings. The van der Waals surface area contributed by atoms with E-state index in [0.29, 0.717) is 0 Å². The molecule has 5 heteroatoms. The molecule has 0 amide bonds. The third kappa shape index (κ3) is 6.81. The Labute approximate surface area is 171 Å². The van der Waals surface area contributed by atoms with Crippen molar-refractivity contribution in [2.75, 3.05) is 0 Å². The van der Waals surface area contributed by atoms with Crippen LogP contribution in [0.1, 0.15) is 36.1 Å². The Morgan fingerprint density at radius 3 is 1.16 bits per heavy atom. The molecule has 0 bridgehead atoms. The Morgan fingerprint density at radius 2 is 0.920 bits per heavy atom. The molecule has 0 unspecified atom stereocenters. The second-order valence-electron chi connectivity index (χ2n) is 5.92. The van der Waals surface area contributed by atoms with E-state index in [2.05, 4.69) is 92.5 Å². The van der Waals surface area contributed by atoms with Crippen LogP contribution in [0.5, 0.6) is 0 Å². The standard InChI is InChI=1S/C20H24N2.2BrH.Ni/c1-13-9-7-10-14(2)19(13)21-17(5)18(6)22-20-15(3)11-8-12-16(20)4;;;/h7-12H,1-6H3;2*1H;/q;;;+2/p-2. The van der Waals surface area contributed by atoms with Crippen molar-refractivity contribution in [3.8, 4) is 0 Å². The maximum absolute atomic E-state index is 4.80. The minimum absolute atomic E-state index is 0.958. The molecule has 0 spiro atoms. The topological polar surface area (TPSA) is 24.7 Å². The fraction of sp³-hybridized carbons (Fsp3) is 0.300. The SMILES string of the molecule is CC(=Nc1c(C)cccc1C)C(C)=Nc1c(C)cccc1C.[Br][Ni][Br]. The summed E-state index contributed by atoms with van der Waals surface area (Å²) in [6.45, 7) is 12.4. The molecule has 2 aromatic carbocycles. The van der Waals surface area contributed by atoms with Crippen molar-refractivity contribution in [2.45, 2.75) is 41.5 Å². The fourth-order valence-electron chi connectivity index (χ4n) is 2.46. The Bertz CT molecular complexity index is 677. The van der Waals surface area contributed by atoms with Crippen LogP contribution in [-0.4, -0.2) is 11.4 Å². The van der Waals surface area contributed by atoms with Crippen molar-refractivity contribution in [2.24, 2.45) is 9.98 Å². The first-order valence-corrected chi connectivity index (χ1v) is 12.8. The van der Waals surface area contributed by atoms with Crippen molar-refractivity contribution < 1.29 is 10.9 Å². The Hall–Kier alpha value is -0.766. The second kappa shape index (κ2) is 11.1. The Balaban J connectivity index is 0.000000970. The molecule has 0 fully saturated rings. The van der Waals surface area contributed by atoms with Crippen LogP contribution in [0, 0.1) is 27.7 Å². The third-order valence-electron chi connectivity index (χ3n) is 3.96. The molecule has 0 atom stereocenters. The van der Waals surface area contributed by atoms with Gasteiger partial charge in [-0.15, -0.1) is 0 Å². The van der Waals surface area contributed by atoms with Gasteiger partial charge in [0.15, 0.2) is 0 Å². The van der Waals surface area contributed by atoms with E-state index in [1.165, 1.54) is 33.2 Å². The first-order chi connectivity index (χ1) is 11.8. The van der Waals surface area contributed by atoms with Crippen molar-refractivity contribution in [1.82, 2.24) is 0 Å². The van der Waals surface area contributed by atoms with Gasteiger partial charge in [-0.1, -0.05) is 36.4 Å². The molecular weight excluding hydrogens is 487 g/mol. The maximum atomic E-state index is 4.80. The predicted molar refractivity (Wildman–Crippen MR) is 115 cm³/mol.